The number of ether oxygens (including phenoxy) is 1. The van der Waals surface area contributed by atoms with Gasteiger partial charge in [-0.25, -0.2) is 0 Å². The van der Waals surface area contributed by atoms with Gasteiger partial charge in [0.05, 0.1) is 19.5 Å². The van der Waals surface area contributed by atoms with Crippen molar-refractivity contribution in [2.24, 2.45) is 0 Å². The summed E-state index contributed by atoms with van der Waals surface area (Å²) in [6, 6.07) is 0. The quantitative estimate of drug-likeness (QED) is 0.402. The Labute approximate surface area is 121 Å². The van der Waals surface area contributed by atoms with Crippen LogP contribution in [0.3, 0.4) is 0 Å². The van der Waals surface area contributed by atoms with Crippen LogP contribution in [0.25, 0.3) is 0 Å². The summed E-state index contributed by atoms with van der Waals surface area (Å²) in [6.45, 7) is 11.1. The van der Waals surface area contributed by atoms with E-state index in [1.54, 1.807) is 0 Å². The summed E-state index contributed by atoms with van der Waals surface area (Å²) in [5.74, 6) is -0.104. The van der Waals surface area contributed by atoms with Crippen molar-refractivity contribution >= 4 is 11.9 Å². The number of hydrogen-bond donors (Lipinski definition) is 3. The maximum atomic E-state index is 10.6. The van der Waals surface area contributed by atoms with E-state index in [0.717, 1.165) is 32.1 Å². The zero-order chi connectivity index (χ0) is 16.2. The van der Waals surface area contributed by atoms with Gasteiger partial charge in [-0.3, -0.25) is 9.59 Å². The molecule has 0 aliphatic carbocycles. The molecule has 0 aromatic rings. The van der Waals surface area contributed by atoms with Crippen LogP contribution in [-0.4, -0.2) is 41.8 Å². The molecule has 0 bridgehead atoms. The van der Waals surface area contributed by atoms with Gasteiger partial charge in [-0.1, -0.05) is 13.0 Å². The molecule has 6 heteroatoms. The molecular formula is C14H27NO5. The minimum atomic E-state index is -0.329. The Morgan fingerprint density at radius 2 is 1.85 bits per heavy atom. The summed E-state index contributed by atoms with van der Waals surface area (Å²) < 4.78 is 4.17. The molecule has 0 aromatic heterocycles. The van der Waals surface area contributed by atoms with Crippen LogP contribution >= 0.6 is 0 Å². The average molecular weight is 289 g/mol. The van der Waals surface area contributed by atoms with Gasteiger partial charge in [0.25, 0.3) is 0 Å². The number of carbonyl (C=O) groups excluding carboxylic acids is 2. The highest BCUT2D eigenvalue weighted by Gasteiger charge is 2.03. The lowest BCUT2D eigenvalue weighted by atomic mass is 10.2. The van der Waals surface area contributed by atoms with Gasteiger partial charge in [0.1, 0.15) is 0 Å². The van der Waals surface area contributed by atoms with Gasteiger partial charge in [-0.05, 0) is 12.8 Å². The molecule has 1 saturated heterocycles. The van der Waals surface area contributed by atoms with Crippen molar-refractivity contribution in [1.82, 2.24) is 5.32 Å². The third kappa shape index (κ3) is 29.9. The summed E-state index contributed by atoms with van der Waals surface area (Å²) in [4.78, 5) is 20.3. The first-order valence-electron chi connectivity index (χ1n) is 6.35. The topological polar surface area (TPSA) is 95.9 Å². The molecule has 3 N–H and O–H groups in total. The standard InChI is InChI=1S/C6H11NO.C4H6O2.C2H6O2.C2H4/c8-6-4-2-1-3-5-7-6;1-3-6-4(2)5;3-1-2-4;1-2/h1-5H2,(H,7,8);3H,1H2,2H3;3-4H,1-2H2;1-2H2. The second kappa shape index (κ2) is 22.5. The fourth-order valence-electron chi connectivity index (χ4n) is 1.02. The normalized spacial score (nSPS) is 12.4. The Bertz CT molecular complexity index is 232. The van der Waals surface area contributed by atoms with Crippen LogP contribution in [0.2, 0.25) is 0 Å². The largest absolute Gasteiger partial charge is 0.435 e. The van der Waals surface area contributed by atoms with E-state index in [9.17, 15) is 9.59 Å². The number of nitrogens with one attached hydrogen (secondary N) is 1. The molecule has 0 saturated carbocycles. The molecule has 1 rings (SSSR count). The van der Waals surface area contributed by atoms with Crippen molar-refractivity contribution in [1.29, 1.82) is 0 Å². The van der Waals surface area contributed by atoms with Crippen molar-refractivity contribution in [2.45, 2.75) is 32.6 Å². The van der Waals surface area contributed by atoms with E-state index in [-0.39, 0.29) is 25.1 Å². The molecule has 1 aliphatic heterocycles. The highest BCUT2D eigenvalue weighted by atomic mass is 16.5. The van der Waals surface area contributed by atoms with E-state index in [2.05, 4.69) is 29.8 Å². The van der Waals surface area contributed by atoms with Gasteiger partial charge in [0.15, 0.2) is 0 Å². The molecular weight excluding hydrogens is 262 g/mol. The van der Waals surface area contributed by atoms with Crippen molar-refractivity contribution in [3.05, 3.63) is 26.0 Å². The molecule has 1 amide bonds. The number of aliphatic hydroxyl groups excluding tert-OH is 2. The summed E-state index contributed by atoms with van der Waals surface area (Å²) in [5, 5.41) is 18.1. The third-order valence-electron chi connectivity index (χ3n) is 1.75. The SMILES string of the molecule is C=C.C=COC(C)=O.O=C1CCCCCN1.OCCO. The molecule has 1 fully saturated rings. The second-order valence-corrected chi connectivity index (χ2v) is 3.38. The second-order valence-electron chi connectivity index (χ2n) is 3.38. The van der Waals surface area contributed by atoms with E-state index in [1.807, 2.05) is 0 Å². The zero-order valence-corrected chi connectivity index (χ0v) is 12.3. The Morgan fingerprint density at radius 1 is 1.30 bits per heavy atom. The molecule has 0 atom stereocenters. The minimum Gasteiger partial charge on any atom is -0.435 e. The van der Waals surface area contributed by atoms with Gasteiger partial charge in [-0.15, -0.1) is 13.2 Å². The molecule has 0 spiro atoms. The van der Waals surface area contributed by atoms with Crippen LogP contribution in [-0.2, 0) is 14.3 Å². The molecule has 0 aromatic carbocycles. The number of esters is 1. The van der Waals surface area contributed by atoms with Gasteiger partial charge >= 0.3 is 5.97 Å². The number of carbonyl (C=O) groups is 2. The first-order chi connectivity index (χ1) is 9.58. The van der Waals surface area contributed by atoms with Gasteiger partial charge < -0.3 is 20.3 Å². The molecule has 1 aliphatic rings. The summed E-state index contributed by atoms with van der Waals surface area (Å²) >= 11 is 0. The number of rotatable bonds is 2. The average Bonchev–Trinajstić information content (AvgIpc) is 2.69. The van der Waals surface area contributed by atoms with E-state index in [4.69, 9.17) is 10.2 Å². The lowest BCUT2D eigenvalue weighted by molar-refractivity contribution is -0.135. The van der Waals surface area contributed by atoms with Gasteiger partial charge in [0.2, 0.25) is 5.91 Å². The van der Waals surface area contributed by atoms with Crippen LogP contribution in [0, 0.1) is 0 Å². The lowest BCUT2D eigenvalue weighted by Gasteiger charge is -1.93. The van der Waals surface area contributed by atoms with Crippen LogP contribution in [0.5, 0.6) is 0 Å². The molecule has 6 nitrogen and oxygen atoms in total. The van der Waals surface area contributed by atoms with E-state index in [1.165, 1.54) is 13.3 Å². The van der Waals surface area contributed by atoms with Gasteiger partial charge in [0, 0.05) is 19.9 Å². The molecule has 118 valence electrons. The van der Waals surface area contributed by atoms with Crippen LogP contribution < -0.4 is 5.32 Å². The van der Waals surface area contributed by atoms with E-state index in [0.29, 0.717) is 0 Å². The Kier molecular flexibility index (Phi) is 26.4. The number of hydrogen-bond acceptors (Lipinski definition) is 5. The Hall–Kier alpha value is -1.66. The predicted octanol–water partition coefficient (Wildman–Crippen LogP) is 1.14. The fourth-order valence-corrected chi connectivity index (χ4v) is 1.02. The van der Waals surface area contributed by atoms with Crippen LogP contribution in [0.1, 0.15) is 32.6 Å². The maximum absolute atomic E-state index is 10.6. The monoisotopic (exact) mass is 289 g/mol. The van der Waals surface area contributed by atoms with Crippen LogP contribution in [0.4, 0.5) is 0 Å². The highest BCUT2D eigenvalue weighted by Crippen LogP contribution is 2.02. The maximum Gasteiger partial charge on any atom is 0.307 e. The number of amides is 1. The summed E-state index contributed by atoms with van der Waals surface area (Å²) in [7, 11) is 0. The van der Waals surface area contributed by atoms with Gasteiger partial charge in [-0.2, -0.15) is 0 Å². The Balaban J connectivity index is -0.000000215. The minimum absolute atomic E-state index is 0.125. The van der Waals surface area contributed by atoms with E-state index >= 15 is 0 Å². The van der Waals surface area contributed by atoms with Crippen LogP contribution in [0.15, 0.2) is 26.0 Å². The predicted molar refractivity (Wildman–Crippen MR) is 78.9 cm³/mol. The first-order valence-corrected chi connectivity index (χ1v) is 6.35. The summed E-state index contributed by atoms with van der Waals surface area (Å²) in [5.41, 5.74) is 0. The lowest BCUT2D eigenvalue weighted by Crippen LogP contribution is -2.21. The smallest absolute Gasteiger partial charge is 0.307 e. The highest BCUT2D eigenvalue weighted by molar-refractivity contribution is 5.75. The van der Waals surface area contributed by atoms with Crippen molar-refractivity contribution < 1.29 is 24.5 Å². The molecule has 1 heterocycles. The zero-order valence-electron chi connectivity index (χ0n) is 12.3. The summed E-state index contributed by atoms with van der Waals surface area (Å²) in [6.07, 6.45) is 5.28. The van der Waals surface area contributed by atoms with Crippen molar-refractivity contribution in [3.63, 3.8) is 0 Å². The van der Waals surface area contributed by atoms with Crippen molar-refractivity contribution in [2.75, 3.05) is 19.8 Å². The first kappa shape index (κ1) is 23.4. The third-order valence-corrected chi connectivity index (χ3v) is 1.75. The molecule has 0 radical (unpaired) electrons. The molecule has 20 heavy (non-hydrogen) atoms. The number of aliphatic hydroxyl groups is 2. The fraction of sp³-hybridized carbons (Fsp3) is 0.571. The molecule has 0 unspecified atom stereocenters. The Morgan fingerprint density at radius 3 is 2.20 bits per heavy atom. The van der Waals surface area contributed by atoms with E-state index < -0.39 is 0 Å². The van der Waals surface area contributed by atoms with Crippen molar-refractivity contribution in [3.8, 4) is 0 Å².